The third kappa shape index (κ3) is 4.03. The Labute approximate surface area is 124 Å². The molecule has 0 radical (unpaired) electrons. The maximum Gasteiger partial charge on any atom is 0.228 e. The van der Waals surface area contributed by atoms with Crippen LogP contribution in [0.3, 0.4) is 0 Å². The standard InChI is InChI=1S/C14H17N3O3S/c1-21(19,20)17-7-3-5-12(10-17)14(18)16-13-6-2-4-11(8-13)9-15/h2,4,6,8,12H,3,5,7,10H2,1H3,(H,16,18). The van der Waals surface area contributed by atoms with Gasteiger partial charge >= 0.3 is 0 Å². The van der Waals surface area contributed by atoms with Crippen molar-refractivity contribution in [2.75, 3.05) is 24.7 Å². The van der Waals surface area contributed by atoms with Crippen LogP contribution in [-0.4, -0.2) is 38.0 Å². The first-order chi connectivity index (χ1) is 9.90. The summed E-state index contributed by atoms with van der Waals surface area (Å²) in [4.78, 5) is 12.2. The molecule has 2 rings (SSSR count). The van der Waals surface area contributed by atoms with Crippen molar-refractivity contribution in [3.63, 3.8) is 0 Å². The van der Waals surface area contributed by atoms with E-state index >= 15 is 0 Å². The molecule has 1 atom stereocenters. The predicted molar refractivity (Wildman–Crippen MR) is 78.9 cm³/mol. The van der Waals surface area contributed by atoms with E-state index in [1.165, 1.54) is 4.31 Å². The summed E-state index contributed by atoms with van der Waals surface area (Å²) in [5.41, 5.74) is 1.02. The van der Waals surface area contributed by atoms with Gasteiger partial charge in [-0.25, -0.2) is 12.7 Å². The molecule has 1 fully saturated rings. The van der Waals surface area contributed by atoms with Crippen molar-refractivity contribution < 1.29 is 13.2 Å². The molecule has 0 saturated carbocycles. The maximum absolute atomic E-state index is 12.2. The molecule has 21 heavy (non-hydrogen) atoms. The number of carbonyl (C=O) groups excluding carboxylic acids is 1. The molecule has 1 unspecified atom stereocenters. The second kappa shape index (κ2) is 6.24. The molecule has 112 valence electrons. The van der Waals surface area contributed by atoms with Gasteiger partial charge in [-0.1, -0.05) is 6.07 Å². The molecular formula is C14H17N3O3S. The Morgan fingerprint density at radius 1 is 1.48 bits per heavy atom. The third-order valence-corrected chi connectivity index (χ3v) is 4.75. The first-order valence-corrected chi connectivity index (χ1v) is 8.51. The number of sulfonamides is 1. The molecule has 7 heteroatoms. The molecule has 0 bridgehead atoms. The van der Waals surface area contributed by atoms with Gasteiger partial charge < -0.3 is 5.32 Å². The molecule has 1 aliphatic rings. The molecule has 1 N–H and O–H groups in total. The first-order valence-electron chi connectivity index (χ1n) is 6.66. The lowest BCUT2D eigenvalue weighted by Crippen LogP contribution is -2.43. The highest BCUT2D eigenvalue weighted by Crippen LogP contribution is 2.20. The number of nitriles is 1. The van der Waals surface area contributed by atoms with Crippen LogP contribution < -0.4 is 5.32 Å². The summed E-state index contributed by atoms with van der Waals surface area (Å²) in [6.45, 7) is 0.676. The normalized spacial score (nSPS) is 19.7. The summed E-state index contributed by atoms with van der Waals surface area (Å²) in [5, 5.41) is 11.6. The topological polar surface area (TPSA) is 90.3 Å². The summed E-state index contributed by atoms with van der Waals surface area (Å²) in [7, 11) is -3.27. The van der Waals surface area contributed by atoms with Crippen LogP contribution in [-0.2, 0) is 14.8 Å². The molecule has 1 aromatic rings. The van der Waals surface area contributed by atoms with Crippen molar-refractivity contribution in [1.82, 2.24) is 4.31 Å². The van der Waals surface area contributed by atoms with Crippen molar-refractivity contribution in [3.05, 3.63) is 29.8 Å². The Kier molecular flexibility index (Phi) is 4.60. The minimum atomic E-state index is -3.27. The van der Waals surface area contributed by atoms with Gasteiger partial charge in [-0.2, -0.15) is 5.26 Å². The molecule has 0 aliphatic carbocycles. The van der Waals surface area contributed by atoms with Crippen molar-refractivity contribution in [1.29, 1.82) is 5.26 Å². The van der Waals surface area contributed by atoms with E-state index in [4.69, 9.17) is 5.26 Å². The number of hydrogen-bond donors (Lipinski definition) is 1. The van der Waals surface area contributed by atoms with E-state index in [1.54, 1.807) is 24.3 Å². The summed E-state index contributed by atoms with van der Waals surface area (Å²) < 4.78 is 24.4. The monoisotopic (exact) mass is 307 g/mol. The van der Waals surface area contributed by atoms with Crippen LogP contribution in [0.4, 0.5) is 5.69 Å². The lowest BCUT2D eigenvalue weighted by atomic mass is 9.98. The van der Waals surface area contributed by atoms with Gasteiger partial charge in [-0.05, 0) is 31.0 Å². The van der Waals surface area contributed by atoms with Gasteiger partial charge in [0, 0.05) is 18.8 Å². The molecule has 1 aliphatic heterocycles. The van der Waals surface area contributed by atoms with E-state index in [0.717, 1.165) is 6.26 Å². The highest BCUT2D eigenvalue weighted by molar-refractivity contribution is 7.88. The molecule has 1 heterocycles. The third-order valence-electron chi connectivity index (χ3n) is 3.48. The van der Waals surface area contributed by atoms with Crippen LogP contribution in [0.5, 0.6) is 0 Å². The van der Waals surface area contributed by atoms with E-state index in [-0.39, 0.29) is 18.4 Å². The fraction of sp³-hybridized carbons (Fsp3) is 0.429. The van der Waals surface area contributed by atoms with Crippen LogP contribution in [0, 0.1) is 17.2 Å². The van der Waals surface area contributed by atoms with E-state index in [0.29, 0.717) is 30.6 Å². The average Bonchev–Trinajstić information content (AvgIpc) is 2.46. The van der Waals surface area contributed by atoms with E-state index < -0.39 is 10.0 Å². The zero-order valence-electron chi connectivity index (χ0n) is 11.7. The first kappa shape index (κ1) is 15.5. The molecule has 0 spiro atoms. The summed E-state index contributed by atoms with van der Waals surface area (Å²) in [6.07, 6.45) is 2.49. The van der Waals surface area contributed by atoms with Crippen LogP contribution in [0.25, 0.3) is 0 Å². The van der Waals surface area contributed by atoms with Crippen LogP contribution in [0.15, 0.2) is 24.3 Å². The predicted octanol–water partition coefficient (Wildman–Crippen LogP) is 1.17. The highest BCUT2D eigenvalue weighted by Gasteiger charge is 2.30. The van der Waals surface area contributed by atoms with Gasteiger partial charge in [0.25, 0.3) is 0 Å². The fourth-order valence-electron chi connectivity index (χ4n) is 2.37. The minimum absolute atomic E-state index is 0.210. The number of amides is 1. The Morgan fingerprint density at radius 3 is 2.90 bits per heavy atom. The molecule has 1 aromatic carbocycles. The number of rotatable bonds is 3. The Balaban J connectivity index is 2.04. The molecule has 6 nitrogen and oxygen atoms in total. The highest BCUT2D eigenvalue weighted by atomic mass is 32.2. The lowest BCUT2D eigenvalue weighted by molar-refractivity contribution is -0.120. The fourth-order valence-corrected chi connectivity index (χ4v) is 3.28. The summed E-state index contributed by atoms with van der Waals surface area (Å²) in [6, 6.07) is 8.65. The number of nitrogens with one attached hydrogen (secondary N) is 1. The quantitative estimate of drug-likeness (QED) is 0.907. The largest absolute Gasteiger partial charge is 0.326 e. The van der Waals surface area contributed by atoms with E-state index in [9.17, 15) is 13.2 Å². The average molecular weight is 307 g/mol. The van der Waals surface area contributed by atoms with Gasteiger partial charge in [-0.3, -0.25) is 4.79 Å². The lowest BCUT2D eigenvalue weighted by Gasteiger charge is -2.30. The summed E-state index contributed by atoms with van der Waals surface area (Å²) in [5.74, 6) is -0.572. The Morgan fingerprint density at radius 2 is 2.24 bits per heavy atom. The number of piperidine rings is 1. The number of anilines is 1. The van der Waals surface area contributed by atoms with Gasteiger partial charge in [0.15, 0.2) is 0 Å². The van der Waals surface area contributed by atoms with Gasteiger partial charge in [0.2, 0.25) is 15.9 Å². The summed E-state index contributed by atoms with van der Waals surface area (Å²) >= 11 is 0. The van der Waals surface area contributed by atoms with Crippen LogP contribution >= 0.6 is 0 Å². The number of benzene rings is 1. The van der Waals surface area contributed by atoms with Gasteiger partial charge in [-0.15, -0.1) is 0 Å². The van der Waals surface area contributed by atoms with Crippen LogP contribution in [0.2, 0.25) is 0 Å². The second-order valence-corrected chi connectivity index (χ2v) is 7.12. The van der Waals surface area contributed by atoms with Crippen LogP contribution in [0.1, 0.15) is 18.4 Å². The Hall–Kier alpha value is -1.91. The number of nitrogens with zero attached hydrogens (tertiary/aromatic N) is 2. The van der Waals surface area contributed by atoms with Crippen molar-refractivity contribution in [3.8, 4) is 6.07 Å². The maximum atomic E-state index is 12.2. The zero-order valence-corrected chi connectivity index (χ0v) is 12.6. The van der Waals surface area contributed by atoms with E-state index in [1.807, 2.05) is 6.07 Å². The van der Waals surface area contributed by atoms with Gasteiger partial charge in [0.05, 0.1) is 23.8 Å². The van der Waals surface area contributed by atoms with Gasteiger partial charge in [0.1, 0.15) is 0 Å². The zero-order chi connectivity index (χ0) is 15.5. The molecule has 1 saturated heterocycles. The number of hydrogen-bond acceptors (Lipinski definition) is 4. The Bertz CT molecular complexity index is 679. The molecular weight excluding hydrogens is 290 g/mol. The van der Waals surface area contributed by atoms with Crippen molar-refractivity contribution in [2.45, 2.75) is 12.8 Å². The second-order valence-electron chi connectivity index (χ2n) is 5.14. The molecule has 0 aromatic heterocycles. The number of carbonyl (C=O) groups is 1. The minimum Gasteiger partial charge on any atom is -0.326 e. The molecule has 1 amide bonds. The smallest absolute Gasteiger partial charge is 0.228 e. The SMILES string of the molecule is CS(=O)(=O)N1CCCC(C(=O)Nc2cccc(C#N)c2)C1. The van der Waals surface area contributed by atoms with E-state index in [2.05, 4.69) is 5.32 Å². The van der Waals surface area contributed by atoms with Crippen molar-refractivity contribution in [2.24, 2.45) is 5.92 Å². The van der Waals surface area contributed by atoms with Crippen molar-refractivity contribution >= 4 is 21.6 Å².